The lowest BCUT2D eigenvalue weighted by Crippen LogP contribution is -2.24. The number of para-hydroxylation sites is 1. The van der Waals surface area contributed by atoms with Gasteiger partial charge in [0.05, 0.1) is 16.8 Å². The Kier molecular flexibility index (Phi) is 3.75. The minimum atomic E-state index is -0.211. The molecular formula is C14H10BrN3OS. The van der Waals surface area contributed by atoms with E-state index in [-0.39, 0.29) is 5.91 Å². The van der Waals surface area contributed by atoms with E-state index in [0.29, 0.717) is 16.7 Å². The van der Waals surface area contributed by atoms with Gasteiger partial charge in [-0.2, -0.15) is 0 Å². The van der Waals surface area contributed by atoms with E-state index in [2.05, 4.69) is 31.2 Å². The normalized spacial score (nSPS) is 10.7. The van der Waals surface area contributed by atoms with Crippen LogP contribution in [0, 0.1) is 0 Å². The molecule has 1 N–H and O–H groups in total. The standard InChI is InChI=1S/C14H10BrN3OS/c15-9-4-3-7-16-13(9)14(19)17-8-12-18-10-5-1-2-6-11(10)20-12/h1-7H,8H2,(H,17,19). The Labute approximate surface area is 128 Å². The van der Waals surface area contributed by atoms with Gasteiger partial charge < -0.3 is 5.32 Å². The predicted octanol–water partition coefficient (Wildman–Crippen LogP) is 3.38. The number of hydrogen-bond donors (Lipinski definition) is 1. The van der Waals surface area contributed by atoms with Crippen molar-refractivity contribution in [3.05, 3.63) is 57.8 Å². The summed E-state index contributed by atoms with van der Waals surface area (Å²) >= 11 is 4.90. The average molecular weight is 348 g/mol. The molecule has 3 rings (SSSR count). The van der Waals surface area contributed by atoms with Crippen LogP contribution < -0.4 is 5.32 Å². The number of fused-ring (bicyclic) bond motifs is 1. The fourth-order valence-corrected chi connectivity index (χ4v) is 3.13. The van der Waals surface area contributed by atoms with Gasteiger partial charge in [-0.25, -0.2) is 9.97 Å². The van der Waals surface area contributed by atoms with Gasteiger partial charge in [0.2, 0.25) is 0 Å². The van der Waals surface area contributed by atoms with E-state index in [4.69, 9.17) is 0 Å². The van der Waals surface area contributed by atoms with Crippen molar-refractivity contribution in [2.75, 3.05) is 0 Å². The van der Waals surface area contributed by atoms with Crippen LogP contribution in [0.2, 0.25) is 0 Å². The van der Waals surface area contributed by atoms with Gasteiger partial charge in [0.25, 0.3) is 5.91 Å². The summed E-state index contributed by atoms with van der Waals surface area (Å²) in [6.45, 7) is 0.404. The average Bonchev–Trinajstić information content (AvgIpc) is 2.88. The number of carbonyl (C=O) groups is 1. The molecule has 0 aliphatic rings. The molecule has 0 aliphatic carbocycles. The monoisotopic (exact) mass is 347 g/mol. The number of pyridine rings is 1. The Morgan fingerprint density at radius 3 is 2.90 bits per heavy atom. The lowest BCUT2D eigenvalue weighted by Gasteiger charge is -2.03. The Morgan fingerprint density at radius 1 is 1.25 bits per heavy atom. The Balaban J connectivity index is 1.73. The van der Waals surface area contributed by atoms with Crippen molar-refractivity contribution in [2.45, 2.75) is 6.54 Å². The molecule has 0 atom stereocenters. The van der Waals surface area contributed by atoms with Gasteiger partial charge in [-0.3, -0.25) is 4.79 Å². The smallest absolute Gasteiger partial charge is 0.271 e. The minimum Gasteiger partial charge on any atom is -0.344 e. The lowest BCUT2D eigenvalue weighted by atomic mass is 10.3. The summed E-state index contributed by atoms with van der Waals surface area (Å²) in [5.41, 5.74) is 1.34. The van der Waals surface area contributed by atoms with Gasteiger partial charge in [0, 0.05) is 10.7 Å². The molecule has 0 saturated carbocycles. The zero-order chi connectivity index (χ0) is 13.9. The molecule has 0 spiro atoms. The summed E-state index contributed by atoms with van der Waals surface area (Å²) in [5, 5.41) is 3.71. The van der Waals surface area contributed by atoms with Crippen molar-refractivity contribution in [3.8, 4) is 0 Å². The number of carbonyl (C=O) groups excluding carboxylic acids is 1. The van der Waals surface area contributed by atoms with Crippen LogP contribution >= 0.6 is 27.3 Å². The molecule has 0 bridgehead atoms. The maximum atomic E-state index is 12.0. The summed E-state index contributed by atoms with van der Waals surface area (Å²) in [4.78, 5) is 20.6. The number of aromatic nitrogens is 2. The van der Waals surface area contributed by atoms with Gasteiger partial charge in [-0.1, -0.05) is 12.1 Å². The van der Waals surface area contributed by atoms with Crippen LogP contribution in [0.4, 0.5) is 0 Å². The Morgan fingerprint density at radius 2 is 2.10 bits per heavy atom. The number of thiazole rings is 1. The van der Waals surface area contributed by atoms with Crippen molar-refractivity contribution in [1.29, 1.82) is 0 Å². The first-order valence-corrected chi connectivity index (χ1v) is 7.58. The molecule has 0 unspecified atom stereocenters. The molecule has 100 valence electrons. The van der Waals surface area contributed by atoms with E-state index in [0.717, 1.165) is 15.2 Å². The number of nitrogens with zero attached hydrogens (tertiary/aromatic N) is 2. The summed E-state index contributed by atoms with van der Waals surface area (Å²) in [6.07, 6.45) is 1.59. The highest BCUT2D eigenvalue weighted by molar-refractivity contribution is 9.10. The molecule has 0 radical (unpaired) electrons. The van der Waals surface area contributed by atoms with Crippen molar-refractivity contribution in [1.82, 2.24) is 15.3 Å². The SMILES string of the molecule is O=C(NCc1nc2ccccc2s1)c1ncccc1Br. The van der Waals surface area contributed by atoms with Crippen molar-refractivity contribution < 1.29 is 4.79 Å². The Bertz CT molecular complexity index is 739. The summed E-state index contributed by atoms with van der Waals surface area (Å²) < 4.78 is 1.80. The molecule has 1 amide bonds. The fourth-order valence-electron chi connectivity index (χ4n) is 1.79. The highest BCUT2D eigenvalue weighted by atomic mass is 79.9. The zero-order valence-electron chi connectivity index (χ0n) is 10.3. The van der Waals surface area contributed by atoms with E-state index >= 15 is 0 Å². The second-order valence-electron chi connectivity index (χ2n) is 4.09. The van der Waals surface area contributed by atoms with Crippen molar-refractivity contribution in [2.24, 2.45) is 0 Å². The quantitative estimate of drug-likeness (QED) is 0.790. The molecule has 4 nitrogen and oxygen atoms in total. The van der Waals surface area contributed by atoms with Gasteiger partial charge >= 0.3 is 0 Å². The van der Waals surface area contributed by atoms with E-state index in [9.17, 15) is 4.79 Å². The number of hydrogen-bond acceptors (Lipinski definition) is 4. The summed E-state index contributed by atoms with van der Waals surface area (Å²) in [6, 6.07) is 11.5. The highest BCUT2D eigenvalue weighted by Gasteiger charge is 2.11. The first-order valence-electron chi connectivity index (χ1n) is 5.97. The summed E-state index contributed by atoms with van der Waals surface area (Å²) in [7, 11) is 0. The third-order valence-corrected chi connectivity index (χ3v) is 4.39. The van der Waals surface area contributed by atoms with Crippen LogP contribution in [0.5, 0.6) is 0 Å². The topological polar surface area (TPSA) is 54.9 Å². The van der Waals surface area contributed by atoms with Crippen LogP contribution in [0.1, 0.15) is 15.5 Å². The first kappa shape index (κ1) is 13.2. The van der Waals surface area contributed by atoms with Gasteiger partial charge in [-0.15, -0.1) is 11.3 Å². The fraction of sp³-hybridized carbons (Fsp3) is 0.0714. The molecule has 6 heteroatoms. The van der Waals surface area contributed by atoms with Crippen LogP contribution in [-0.4, -0.2) is 15.9 Å². The van der Waals surface area contributed by atoms with Crippen molar-refractivity contribution in [3.63, 3.8) is 0 Å². The Hall–Kier alpha value is -1.79. The van der Waals surface area contributed by atoms with Crippen LogP contribution in [0.3, 0.4) is 0 Å². The second kappa shape index (κ2) is 5.68. The third kappa shape index (κ3) is 2.71. The molecule has 0 fully saturated rings. The minimum absolute atomic E-state index is 0.211. The molecule has 3 aromatic rings. The highest BCUT2D eigenvalue weighted by Crippen LogP contribution is 2.21. The second-order valence-corrected chi connectivity index (χ2v) is 6.06. The number of nitrogens with one attached hydrogen (secondary N) is 1. The number of halogens is 1. The first-order chi connectivity index (χ1) is 9.74. The summed E-state index contributed by atoms with van der Waals surface area (Å²) in [5.74, 6) is -0.211. The van der Waals surface area contributed by atoms with Crippen LogP contribution in [-0.2, 0) is 6.54 Å². The largest absolute Gasteiger partial charge is 0.344 e. The van der Waals surface area contributed by atoms with E-state index in [1.54, 1.807) is 29.7 Å². The molecule has 0 aliphatic heterocycles. The maximum Gasteiger partial charge on any atom is 0.271 e. The van der Waals surface area contributed by atoms with Gasteiger partial charge in [0.1, 0.15) is 10.7 Å². The molecular weight excluding hydrogens is 338 g/mol. The number of benzene rings is 1. The maximum absolute atomic E-state index is 12.0. The predicted molar refractivity (Wildman–Crippen MR) is 82.7 cm³/mol. The number of rotatable bonds is 3. The van der Waals surface area contributed by atoms with E-state index in [1.807, 2.05) is 24.3 Å². The van der Waals surface area contributed by atoms with Crippen LogP contribution in [0.15, 0.2) is 47.1 Å². The van der Waals surface area contributed by atoms with Gasteiger partial charge in [-0.05, 0) is 40.2 Å². The van der Waals surface area contributed by atoms with Crippen molar-refractivity contribution >= 4 is 43.4 Å². The third-order valence-electron chi connectivity index (χ3n) is 2.71. The molecule has 2 heterocycles. The van der Waals surface area contributed by atoms with Crippen LogP contribution in [0.25, 0.3) is 10.2 Å². The zero-order valence-corrected chi connectivity index (χ0v) is 12.7. The van der Waals surface area contributed by atoms with E-state index in [1.165, 1.54) is 0 Å². The van der Waals surface area contributed by atoms with E-state index < -0.39 is 0 Å². The lowest BCUT2D eigenvalue weighted by molar-refractivity contribution is 0.0945. The van der Waals surface area contributed by atoms with Gasteiger partial charge in [0.15, 0.2) is 0 Å². The molecule has 0 saturated heterocycles. The molecule has 1 aromatic carbocycles. The molecule has 20 heavy (non-hydrogen) atoms. The number of amides is 1. The molecule has 2 aromatic heterocycles.